The monoisotopic (exact) mass is 254 g/mol. The van der Waals surface area contributed by atoms with Gasteiger partial charge in [-0.3, -0.25) is 0 Å². The van der Waals surface area contributed by atoms with Crippen LogP contribution in [0.4, 0.5) is 0 Å². The molecule has 2 fully saturated rings. The van der Waals surface area contributed by atoms with E-state index in [0.717, 1.165) is 25.7 Å². The van der Waals surface area contributed by atoms with Gasteiger partial charge in [-0.25, -0.2) is 4.79 Å². The number of aliphatic hydroxyl groups is 1. The van der Waals surface area contributed by atoms with Gasteiger partial charge in [0.2, 0.25) is 0 Å². The van der Waals surface area contributed by atoms with Crippen LogP contribution in [0.2, 0.25) is 0 Å². The molecular weight excluding hydrogens is 228 g/mol. The molecule has 1 atom stereocenters. The van der Waals surface area contributed by atoms with Crippen LogP contribution in [-0.2, 0) is 4.79 Å². The number of carboxylic acids is 1. The van der Waals surface area contributed by atoms with Gasteiger partial charge in [-0.05, 0) is 55.8 Å². The molecule has 0 aromatic heterocycles. The van der Waals surface area contributed by atoms with Crippen LogP contribution in [0.3, 0.4) is 0 Å². The molecule has 2 aliphatic carbocycles. The minimum atomic E-state index is -1.53. The van der Waals surface area contributed by atoms with Crippen LogP contribution < -0.4 is 0 Å². The van der Waals surface area contributed by atoms with Gasteiger partial charge in [-0.2, -0.15) is 0 Å². The van der Waals surface area contributed by atoms with Crippen molar-refractivity contribution in [2.24, 2.45) is 17.3 Å². The Kier molecular flexibility index (Phi) is 3.72. The Hall–Kier alpha value is -0.570. The Morgan fingerprint density at radius 3 is 2.06 bits per heavy atom. The van der Waals surface area contributed by atoms with Crippen molar-refractivity contribution in [1.29, 1.82) is 0 Å². The lowest BCUT2D eigenvalue weighted by Gasteiger charge is -2.43. The highest BCUT2D eigenvalue weighted by Gasteiger charge is 2.50. The van der Waals surface area contributed by atoms with Gasteiger partial charge in [0.25, 0.3) is 0 Å². The Morgan fingerprint density at radius 1 is 1.17 bits per heavy atom. The summed E-state index contributed by atoms with van der Waals surface area (Å²) in [4.78, 5) is 11.4. The van der Waals surface area contributed by atoms with Gasteiger partial charge in [0.1, 0.15) is 0 Å². The molecule has 2 rings (SSSR count). The first kappa shape index (κ1) is 13.9. The second-order valence-corrected chi connectivity index (χ2v) is 6.77. The van der Waals surface area contributed by atoms with Crippen molar-refractivity contribution in [1.82, 2.24) is 0 Å². The van der Waals surface area contributed by atoms with Crippen LogP contribution in [0.1, 0.15) is 65.2 Å². The quantitative estimate of drug-likeness (QED) is 0.813. The summed E-state index contributed by atoms with van der Waals surface area (Å²) in [6, 6.07) is 0. The molecule has 0 aliphatic heterocycles. The van der Waals surface area contributed by atoms with Crippen LogP contribution in [0.5, 0.6) is 0 Å². The van der Waals surface area contributed by atoms with Crippen molar-refractivity contribution in [3.63, 3.8) is 0 Å². The molecule has 2 aliphatic rings. The number of rotatable bonds is 3. The van der Waals surface area contributed by atoms with E-state index < -0.39 is 11.6 Å². The fourth-order valence-electron chi connectivity index (χ4n) is 4.19. The van der Waals surface area contributed by atoms with Gasteiger partial charge in [0, 0.05) is 0 Å². The molecule has 3 nitrogen and oxygen atoms in total. The summed E-state index contributed by atoms with van der Waals surface area (Å²) in [5.74, 6) is -1.33. The molecule has 0 saturated heterocycles. The van der Waals surface area contributed by atoms with Crippen molar-refractivity contribution in [3.05, 3.63) is 0 Å². The van der Waals surface area contributed by atoms with E-state index in [2.05, 4.69) is 0 Å². The smallest absolute Gasteiger partial charge is 0.336 e. The van der Waals surface area contributed by atoms with Crippen molar-refractivity contribution in [2.75, 3.05) is 0 Å². The molecule has 2 N–H and O–H groups in total. The Morgan fingerprint density at radius 2 is 1.67 bits per heavy atom. The molecule has 1 spiro atoms. The van der Waals surface area contributed by atoms with Crippen LogP contribution >= 0.6 is 0 Å². The molecule has 0 heterocycles. The van der Waals surface area contributed by atoms with Gasteiger partial charge in [-0.1, -0.05) is 26.7 Å². The largest absolute Gasteiger partial charge is 0.479 e. The summed E-state index contributed by atoms with van der Waals surface area (Å²) in [7, 11) is 0. The number of aliphatic carboxylic acids is 1. The Bertz CT molecular complexity index is 308. The summed E-state index contributed by atoms with van der Waals surface area (Å²) < 4.78 is 0. The SMILES string of the molecule is CC(C)C(O)(C(=O)O)C1CCC2(CCCC2)CC1. The summed E-state index contributed by atoms with van der Waals surface area (Å²) >= 11 is 0. The number of hydrogen-bond donors (Lipinski definition) is 2. The zero-order chi connectivity index (χ0) is 13.4. The van der Waals surface area contributed by atoms with E-state index in [1.54, 1.807) is 0 Å². The second kappa shape index (κ2) is 4.84. The summed E-state index contributed by atoms with van der Waals surface area (Å²) in [5.41, 5.74) is -1.03. The van der Waals surface area contributed by atoms with E-state index in [1.165, 1.54) is 25.7 Å². The molecule has 0 radical (unpaired) electrons. The first-order valence-electron chi connectivity index (χ1n) is 7.36. The molecule has 0 aromatic rings. The normalized spacial score (nSPS) is 27.6. The zero-order valence-electron chi connectivity index (χ0n) is 11.6. The van der Waals surface area contributed by atoms with Crippen molar-refractivity contribution >= 4 is 5.97 Å². The zero-order valence-corrected chi connectivity index (χ0v) is 11.6. The highest BCUT2D eigenvalue weighted by Crippen LogP contribution is 2.52. The fraction of sp³-hybridized carbons (Fsp3) is 0.933. The maximum Gasteiger partial charge on any atom is 0.336 e. The summed E-state index contributed by atoms with van der Waals surface area (Å²) in [5, 5.41) is 19.9. The predicted molar refractivity (Wildman–Crippen MR) is 70.3 cm³/mol. The van der Waals surface area contributed by atoms with Crippen LogP contribution in [0.15, 0.2) is 0 Å². The van der Waals surface area contributed by atoms with Crippen LogP contribution in [0, 0.1) is 17.3 Å². The summed E-state index contributed by atoms with van der Waals surface area (Å²) in [6.07, 6.45) is 9.26. The number of carboxylic acid groups (broad SMARTS) is 1. The lowest BCUT2D eigenvalue weighted by atomic mass is 9.63. The van der Waals surface area contributed by atoms with Crippen LogP contribution in [0.25, 0.3) is 0 Å². The first-order chi connectivity index (χ1) is 8.41. The van der Waals surface area contributed by atoms with E-state index in [9.17, 15) is 15.0 Å². The average Bonchev–Trinajstić information content (AvgIpc) is 2.77. The Labute approximate surface area is 110 Å². The lowest BCUT2D eigenvalue weighted by molar-refractivity contribution is -0.175. The highest BCUT2D eigenvalue weighted by atomic mass is 16.4. The highest BCUT2D eigenvalue weighted by molar-refractivity contribution is 5.78. The van der Waals surface area contributed by atoms with Crippen molar-refractivity contribution in [2.45, 2.75) is 70.8 Å². The molecule has 104 valence electrons. The molecule has 0 aromatic carbocycles. The molecule has 3 heteroatoms. The fourth-order valence-corrected chi connectivity index (χ4v) is 4.19. The minimum Gasteiger partial charge on any atom is -0.479 e. The topological polar surface area (TPSA) is 57.5 Å². The molecule has 2 saturated carbocycles. The summed E-state index contributed by atoms with van der Waals surface area (Å²) in [6.45, 7) is 3.63. The maximum absolute atomic E-state index is 11.4. The van der Waals surface area contributed by atoms with Crippen molar-refractivity contribution < 1.29 is 15.0 Å². The van der Waals surface area contributed by atoms with Gasteiger partial charge >= 0.3 is 5.97 Å². The van der Waals surface area contributed by atoms with Crippen LogP contribution in [-0.4, -0.2) is 21.8 Å². The molecule has 1 unspecified atom stereocenters. The van der Waals surface area contributed by atoms with E-state index in [4.69, 9.17) is 0 Å². The standard InChI is InChI=1S/C15H26O3/c1-11(2)15(18,13(16)17)12-5-9-14(10-6-12)7-3-4-8-14/h11-12,18H,3-10H2,1-2H3,(H,16,17). The van der Waals surface area contributed by atoms with E-state index in [-0.39, 0.29) is 11.8 Å². The Balaban J connectivity index is 2.05. The van der Waals surface area contributed by atoms with Crippen molar-refractivity contribution in [3.8, 4) is 0 Å². The minimum absolute atomic E-state index is 0.0683. The van der Waals surface area contributed by atoms with Gasteiger partial charge < -0.3 is 10.2 Å². The van der Waals surface area contributed by atoms with Gasteiger partial charge in [-0.15, -0.1) is 0 Å². The average molecular weight is 254 g/mol. The van der Waals surface area contributed by atoms with E-state index >= 15 is 0 Å². The first-order valence-corrected chi connectivity index (χ1v) is 7.36. The third-order valence-corrected chi connectivity index (χ3v) is 5.56. The lowest BCUT2D eigenvalue weighted by Crippen LogP contribution is -2.52. The number of carbonyl (C=O) groups is 1. The second-order valence-electron chi connectivity index (χ2n) is 6.77. The molecule has 18 heavy (non-hydrogen) atoms. The van der Waals surface area contributed by atoms with Gasteiger partial charge in [0.15, 0.2) is 5.60 Å². The van der Waals surface area contributed by atoms with E-state index in [1.807, 2.05) is 13.8 Å². The van der Waals surface area contributed by atoms with E-state index in [0.29, 0.717) is 5.41 Å². The maximum atomic E-state index is 11.4. The third kappa shape index (κ3) is 2.18. The third-order valence-electron chi connectivity index (χ3n) is 5.56. The van der Waals surface area contributed by atoms with Gasteiger partial charge in [0.05, 0.1) is 0 Å². The number of hydrogen-bond acceptors (Lipinski definition) is 2. The molecular formula is C15H26O3. The predicted octanol–water partition coefficient (Wildman–Crippen LogP) is 3.21. The molecule has 0 amide bonds. The molecule has 0 bridgehead atoms.